The van der Waals surface area contributed by atoms with Crippen molar-refractivity contribution in [2.45, 2.75) is 31.4 Å². The summed E-state index contributed by atoms with van der Waals surface area (Å²) in [5.41, 5.74) is 1.36. The molecule has 1 N–H and O–H groups in total. The van der Waals surface area contributed by atoms with Gasteiger partial charge < -0.3 is 5.11 Å². The molecule has 0 amide bonds. The SMILES string of the molecule is O=C(O)CCCCCSCc1ccccc1. The summed E-state index contributed by atoms with van der Waals surface area (Å²) in [6.45, 7) is 0. The number of carbonyl (C=O) groups is 1. The van der Waals surface area contributed by atoms with Crippen LogP contribution in [-0.2, 0) is 10.5 Å². The molecule has 0 aliphatic rings. The van der Waals surface area contributed by atoms with Crippen molar-refractivity contribution in [1.29, 1.82) is 0 Å². The van der Waals surface area contributed by atoms with Crippen LogP contribution in [0.1, 0.15) is 31.2 Å². The first kappa shape index (κ1) is 13.1. The van der Waals surface area contributed by atoms with E-state index >= 15 is 0 Å². The molecular weight excluding hydrogens is 220 g/mol. The summed E-state index contributed by atoms with van der Waals surface area (Å²) in [6.07, 6.45) is 3.25. The molecule has 0 saturated heterocycles. The van der Waals surface area contributed by atoms with Gasteiger partial charge in [-0.15, -0.1) is 0 Å². The molecule has 2 nitrogen and oxygen atoms in total. The first-order valence-corrected chi connectivity index (χ1v) is 6.78. The van der Waals surface area contributed by atoms with E-state index in [4.69, 9.17) is 5.11 Å². The second-order valence-electron chi connectivity index (χ2n) is 3.74. The number of hydrogen-bond acceptors (Lipinski definition) is 2. The maximum Gasteiger partial charge on any atom is 0.303 e. The Balaban J connectivity index is 1.94. The van der Waals surface area contributed by atoms with Gasteiger partial charge in [0, 0.05) is 12.2 Å². The Bertz CT molecular complexity index is 298. The zero-order chi connectivity index (χ0) is 11.6. The van der Waals surface area contributed by atoms with Crippen molar-refractivity contribution >= 4 is 17.7 Å². The predicted octanol–water partition coefficient (Wildman–Crippen LogP) is 3.56. The van der Waals surface area contributed by atoms with E-state index in [1.54, 1.807) is 0 Å². The van der Waals surface area contributed by atoms with Crippen LogP contribution in [0.3, 0.4) is 0 Å². The molecule has 0 heterocycles. The van der Waals surface area contributed by atoms with Crippen LogP contribution in [0.5, 0.6) is 0 Å². The average Bonchev–Trinajstić information content (AvgIpc) is 2.29. The molecule has 1 aromatic rings. The number of carboxylic acids is 1. The Morgan fingerprint density at radius 3 is 2.56 bits per heavy atom. The van der Waals surface area contributed by atoms with Gasteiger partial charge in [0.25, 0.3) is 0 Å². The molecule has 0 fully saturated rings. The highest BCUT2D eigenvalue weighted by molar-refractivity contribution is 7.98. The Morgan fingerprint density at radius 1 is 1.12 bits per heavy atom. The smallest absolute Gasteiger partial charge is 0.303 e. The fourth-order valence-electron chi connectivity index (χ4n) is 1.42. The number of aliphatic carboxylic acids is 1. The zero-order valence-electron chi connectivity index (χ0n) is 9.39. The van der Waals surface area contributed by atoms with Crippen LogP contribution in [0.4, 0.5) is 0 Å². The first-order chi connectivity index (χ1) is 7.79. The van der Waals surface area contributed by atoms with Crippen molar-refractivity contribution in [3.63, 3.8) is 0 Å². The molecule has 0 saturated carbocycles. The van der Waals surface area contributed by atoms with Crippen LogP contribution in [-0.4, -0.2) is 16.8 Å². The van der Waals surface area contributed by atoms with Crippen molar-refractivity contribution in [3.05, 3.63) is 35.9 Å². The first-order valence-electron chi connectivity index (χ1n) is 5.62. The number of unbranched alkanes of at least 4 members (excludes halogenated alkanes) is 2. The lowest BCUT2D eigenvalue weighted by Gasteiger charge is -2.01. The van der Waals surface area contributed by atoms with E-state index in [1.165, 1.54) is 5.56 Å². The monoisotopic (exact) mass is 238 g/mol. The van der Waals surface area contributed by atoms with Crippen LogP contribution in [0.25, 0.3) is 0 Å². The third-order valence-corrected chi connectivity index (χ3v) is 3.41. The number of carboxylic acid groups (broad SMARTS) is 1. The highest BCUT2D eigenvalue weighted by Gasteiger charge is 1.97. The van der Waals surface area contributed by atoms with Crippen molar-refractivity contribution in [2.24, 2.45) is 0 Å². The van der Waals surface area contributed by atoms with E-state index in [2.05, 4.69) is 24.3 Å². The van der Waals surface area contributed by atoms with Crippen molar-refractivity contribution in [2.75, 3.05) is 5.75 Å². The van der Waals surface area contributed by atoms with Gasteiger partial charge in [-0.1, -0.05) is 36.8 Å². The molecule has 16 heavy (non-hydrogen) atoms. The standard InChI is InChI=1S/C13H18O2S/c14-13(15)9-5-2-6-10-16-11-12-7-3-1-4-8-12/h1,3-4,7-8H,2,5-6,9-11H2,(H,14,15). The molecule has 0 spiro atoms. The topological polar surface area (TPSA) is 37.3 Å². The maximum atomic E-state index is 10.3. The summed E-state index contributed by atoms with van der Waals surface area (Å²) < 4.78 is 0. The minimum atomic E-state index is -0.683. The number of benzene rings is 1. The van der Waals surface area contributed by atoms with Gasteiger partial charge in [0.15, 0.2) is 0 Å². The lowest BCUT2D eigenvalue weighted by Crippen LogP contribution is -1.94. The molecular formula is C13H18O2S. The fraction of sp³-hybridized carbons (Fsp3) is 0.462. The van der Waals surface area contributed by atoms with Gasteiger partial charge in [-0.05, 0) is 24.2 Å². The van der Waals surface area contributed by atoms with E-state index in [-0.39, 0.29) is 0 Å². The number of rotatable bonds is 8. The zero-order valence-corrected chi connectivity index (χ0v) is 10.2. The quantitative estimate of drug-likeness (QED) is 0.703. The molecule has 0 aromatic heterocycles. The molecule has 3 heteroatoms. The molecule has 0 radical (unpaired) electrons. The summed E-state index contributed by atoms with van der Waals surface area (Å²) in [6, 6.07) is 10.4. The molecule has 0 atom stereocenters. The lowest BCUT2D eigenvalue weighted by atomic mass is 10.2. The van der Waals surface area contributed by atoms with Crippen LogP contribution in [0.15, 0.2) is 30.3 Å². The lowest BCUT2D eigenvalue weighted by molar-refractivity contribution is -0.137. The van der Waals surface area contributed by atoms with E-state index in [1.807, 2.05) is 17.8 Å². The number of hydrogen-bond donors (Lipinski definition) is 1. The molecule has 0 aliphatic carbocycles. The number of thioether (sulfide) groups is 1. The molecule has 0 unspecified atom stereocenters. The van der Waals surface area contributed by atoms with Crippen molar-refractivity contribution < 1.29 is 9.90 Å². The summed E-state index contributed by atoms with van der Waals surface area (Å²) in [5.74, 6) is 1.49. The van der Waals surface area contributed by atoms with Crippen LogP contribution in [0.2, 0.25) is 0 Å². The van der Waals surface area contributed by atoms with Gasteiger partial charge in [0.2, 0.25) is 0 Å². The van der Waals surface area contributed by atoms with Gasteiger partial charge >= 0.3 is 5.97 Å². The predicted molar refractivity (Wildman–Crippen MR) is 68.7 cm³/mol. The maximum absolute atomic E-state index is 10.3. The fourth-order valence-corrected chi connectivity index (χ4v) is 2.40. The minimum absolute atomic E-state index is 0.309. The van der Waals surface area contributed by atoms with Crippen LogP contribution >= 0.6 is 11.8 Å². The Morgan fingerprint density at radius 2 is 1.88 bits per heavy atom. The largest absolute Gasteiger partial charge is 0.481 e. The van der Waals surface area contributed by atoms with Crippen LogP contribution in [0, 0.1) is 0 Å². The molecule has 1 aromatic carbocycles. The van der Waals surface area contributed by atoms with Crippen molar-refractivity contribution in [1.82, 2.24) is 0 Å². The highest BCUT2D eigenvalue weighted by Crippen LogP contribution is 2.14. The van der Waals surface area contributed by atoms with E-state index in [0.717, 1.165) is 30.8 Å². The minimum Gasteiger partial charge on any atom is -0.481 e. The van der Waals surface area contributed by atoms with Gasteiger partial charge in [-0.25, -0.2) is 0 Å². The third kappa shape index (κ3) is 6.51. The second-order valence-corrected chi connectivity index (χ2v) is 4.85. The third-order valence-electron chi connectivity index (χ3n) is 2.29. The van der Waals surface area contributed by atoms with Gasteiger partial charge in [0.1, 0.15) is 0 Å². The van der Waals surface area contributed by atoms with E-state index < -0.39 is 5.97 Å². The van der Waals surface area contributed by atoms with Crippen molar-refractivity contribution in [3.8, 4) is 0 Å². The molecule has 88 valence electrons. The summed E-state index contributed by atoms with van der Waals surface area (Å²) in [5, 5.41) is 8.46. The molecule has 0 bridgehead atoms. The summed E-state index contributed by atoms with van der Waals surface area (Å²) in [7, 11) is 0. The average molecular weight is 238 g/mol. The Hall–Kier alpha value is -0.960. The van der Waals surface area contributed by atoms with E-state index in [0.29, 0.717) is 6.42 Å². The van der Waals surface area contributed by atoms with Gasteiger partial charge in [-0.2, -0.15) is 11.8 Å². The second kappa shape index (κ2) is 8.22. The Labute approximate surface area is 101 Å². The van der Waals surface area contributed by atoms with Gasteiger partial charge in [0.05, 0.1) is 0 Å². The van der Waals surface area contributed by atoms with E-state index in [9.17, 15) is 4.79 Å². The van der Waals surface area contributed by atoms with Gasteiger partial charge in [-0.3, -0.25) is 4.79 Å². The summed E-state index contributed by atoms with van der Waals surface area (Å²) in [4.78, 5) is 10.3. The Kier molecular flexibility index (Phi) is 6.74. The van der Waals surface area contributed by atoms with Crippen LogP contribution < -0.4 is 0 Å². The highest BCUT2D eigenvalue weighted by atomic mass is 32.2. The normalized spacial score (nSPS) is 10.2. The molecule has 0 aliphatic heterocycles. The summed E-state index contributed by atoms with van der Waals surface area (Å²) >= 11 is 1.92. The molecule has 1 rings (SSSR count).